The van der Waals surface area contributed by atoms with E-state index in [9.17, 15) is 23.5 Å². The molecule has 0 heterocycles. The quantitative estimate of drug-likeness (QED) is 0.181. The van der Waals surface area contributed by atoms with Gasteiger partial charge in [-0.25, -0.2) is 4.79 Å². The van der Waals surface area contributed by atoms with E-state index in [1.165, 1.54) is 5.56 Å². The number of hydrogen-bond donors (Lipinski definition) is 2. The Morgan fingerprint density at radius 2 is 1.55 bits per heavy atom. The van der Waals surface area contributed by atoms with Crippen LogP contribution in [0.15, 0.2) is 77.3 Å². The molecule has 0 aromatic heterocycles. The van der Waals surface area contributed by atoms with E-state index in [1.807, 2.05) is 48.5 Å². The molecule has 214 valence electrons. The van der Waals surface area contributed by atoms with Crippen LogP contribution in [0.1, 0.15) is 45.6 Å². The van der Waals surface area contributed by atoms with Gasteiger partial charge >= 0.3 is 5.97 Å². The Morgan fingerprint density at radius 3 is 2.08 bits per heavy atom. The first-order valence-electron chi connectivity index (χ1n) is 12.9. The summed E-state index contributed by atoms with van der Waals surface area (Å²) in [6.45, 7) is 6.55. The van der Waals surface area contributed by atoms with E-state index in [0.717, 1.165) is 19.9 Å². The summed E-state index contributed by atoms with van der Waals surface area (Å²) in [5.41, 5.74) is 3.29. The summed E-state index contributed by atoms with van der Waals surface area (Å²) in [4.78, 5) is 24.2. The predicted molar refractivity (Wildman–Crippen MR) is 160 cm³/mol. The number of amides is 1. The minimum absolute atomic E-state index is 0.0281. The Balaban J connectivity index is 1.49. The van der Waals surface area contributed by atoms with E-state index < -0.39 is 23.3 Å². The van der Waals surface area contributed by atoms with Crippen molar-refractivity contribution in [1.82, 2.24) is 5.32 Å². The molecule has 0 radical (unpaired) electrons. The number of hydrogen-bond acceptors (Lipinski definition) is 5. The zero-order valence-electron chi connectivity index (χ0n) is 22.8. The van der Waals surface area contributed by atoms with Crippen LogP contribution in [-0.2, 0) is 26.3 Å². The Morgan fingerprint density at radius 1 is 0.975 bits per heavy atom. The smallest absolute Gasteiger partial charge is 0.327 e. The summed E-state index contributed by atoms with van der Waals surface area (Å²) < 4.78 is 31.5. The monoisotopic (exact) mass is 629 g/mol. The molecular weight excluding hydrogens is 596 g/mol. The fraction of sp³-hybridized carbons (Fsp3) is 0.333. The Kier molecular flexibility index (Phi) is 11.3. The lowest BCUT2D eigenvalue weighted by molar-refractivity contribution is -0.138. The van der Waals surface area contributed by atoms with E-state index in [0.29, 0.717) is 25.1 Å². The lowest BCUT2D eigenvalue weighted by Crippen LogP contribution is -2.42. The van der Waals surface area contributed by atoms with Gasteiger partial charge in [-0.15, -0.1) is 0 Å². The van der Waals surface area contributed by atoms with E-state index in [1.54, 1.807) is 24.3 Å². The maximum Gasteiger partial charge on any atom is 0.327 e. The summed E-state index contributed by atoms with van der Waals surface area (Å²) in [5.74, 6) is -0.929. The number of carbonyl (C=O) groups is 2. The highest BCUT2D eigenvalue weighted by Gasteiger charge is 2.27. The second-order valence-electron chi connectivity index (χ2n) is 10.4. The highest BCUT2D eigenvalue weighted by molar-refractivity contribution is 9.10. The van der Waals surface area contributed by atoms with E-state index >= 15 is 0 Å². The highest BCUT2D eigenvalue weighted by atomic mass is 79.9. The maximum atomic E-state index is 12.2. The van der Waals surface area contributed by atoms with Gasteiger partial charge in [0.15, 0.2) is 6.61 Å². The maximum absolute atomic E-state index is 12.2. The molecule has 2 atom stereocenters. The number of carbonyl (C=O) groups excluding carboxylic acids is 1. The van der Waals surface area contributed by atoms with Gasteiger partial charge in [0.25, 0.3) is 5.91 Å². The average Bonchev–Trinajstić information content (AvgIpc) is 2.91. The number of nitrogens with zero attached hydrogens (tertiary/aromatic N) is 1. The van der Waals surface area contributed by atoms with Gasteiger partial charge in [-0.2, -0.15) is 0 Å². The van der Waals surface area contributed by atoms with Crippen molar-refractivity contribution in [2.45, 2.75) is 51.5 Å². The molecular formula is C30H34BrN2O6S-. The number of benzene rings is 3. The molecule has 10 heteroatoms. The molecule has 8 nitrogen and oxygen atoms in total. The third-order valence-corrected chi connectivity index (χ3v) is 7.66. The summed E-state index contributed by atoms with van der Waals surface area (Å²) in [6.07, 6.45) is 0.971. The molecule has 0 bridgehead atoms. The van der Waals surface area contributed by atoms with Crippen molar-refractivity contribution in [1.29, 1.82) is 0 Å². The Bertz CT molecular complexity index is 1290. The van der Waals surface area contributed by atoms with E-state index in [4.69, 9.17) is 4.74 Å². The number of carboxylic acids is 1. The molecule has 0 spiro atoms. The molecule has 40 heavy (non-hydrogen) atoms. The molecule has 3 rings (SSSR count). The lowest BCUT2D eigenvalue weighted by atomic mass is 9.87. The van der Waals surface area contributed by atoms with Gasteiger partial charge in [0.1, 0.15) is 11.8 Å². The standard InChI is InChI=1S/C30H35BrN2O6S/c1-30(2,3)23-11-17-26(18-12-23)39-20-28(34)32-19-5-4-6-27(29(35)36)33(40(37)38)25-15-9-22(10-16-25)21-7-13-24(31)14-8-21/h7-18,27H,4-6,19-20H2,1-3H3,(H,32,34)(H,35,36)(H,37,38)/p-1. The first-order valence-corrected chi connectivity index (χ1v) is 14.8. The van der Waals surface area contributed by atoms with Gasteiger partial charge in [-0.3, -0.25) is 13.3 Å². The lowest BCUT2D eigenvalue weighted by Gasteiger charge is -2.32. The summed E-state index contributed by atoms with van der Waals surface area (Å²) in [5, 5.41) is 12.5. The van der Waals surface area contributed by atoms with Gasteiger partial charge in [-0.05, 0) is 77.8 Å². The summed E-state index contributed by atoms with van der Waals surface area (Å²) in [7, 11) is 0. The number of unbranched alkanes of at least 4 members (excludes halogenated alkanes) is 1. The fourth-order valence-electron chi connectivity index (χ4n) is 4.10. The van der Waals surface area contributed by atoms with Crippen molar-refractivity contribution >= 4 is 44.8 Å². The third-order valence-electron chi connectivity index (χ3n) is 6.34. The van der Waals surface area contributed by atoms with Crippen molar-refractivity contribution in [2.75, 3.05) is 17.5 Å². The van der Waals surface area contributed by atoms with Crippen LogP contribution in [-0.4, -0.2) is 44.9 Å². The zero-order valence-corrected chi connectivity index (χ0v) is 25.2. The molecule has 0 aliphatic carbocycles. The molecule has 0 fully saturated rings. The van der Waals surface area contributed by atoms with E-state index in [2.05, 4.69) is 42.0 Å². The Hall–Kier alpha value is -3.21. The molecule has 3 aromatic rings. The van der Waals surface area contributed by atoms with Crippen molar-refractivity contribution in [3.05, 3.63) is 82.8 Å². The molecule has 2 unspecified atom stereocenters. The molecule has 0 aliphatic heterocycles. The summed E-state index contributed by atoms with van der Waals surface area (Å²) >= 11 is 0.606. The zero-order chi connectivity index (χ0) is 29.3. The van der Waals surface area contributed by atoms with Crippen LogP contribution in [0.4, 0.5) is 5.69 Å². The van der Waals surface area contributed by atoms with Crippen molar-refractivity contribution in [3.8, 4) is 16.9 Å². The fourth-order valence-corrected chi connectivity index (χ4v) is 5.06. The number of rotatable bonds is 13. The molecule has 0 saturated heterocycles. The molecule has 0 saturated carbocycles. The second-order valence-corrected chi connectivity index (χ2v) is 12.1. The number of carboxylic acid groups (broad SMARTS) is 1. The van der Waals surface area contributed by atoms with Crippen LogP contribution < -0.4 is 14.4 Å². The van der Waals surface area contributed by atoms with Crippen LogP contribution in [0.3, 0.4) is 0 Å². The SMILES string of the molecule is CC(C)(C)c1ccc(OCC(=O)NCCCCC(C(=O)O)N(c2ccc(-c3ccc(Br)cc3)cc2)S(=O)[O-])cc1. The number of anilines is 1. The normalized spacial score (nSPS) is 12.8. The molecule has 2 N–H and O–H groups in total. The van der Waals surface area contributed by atoms with Gasteiger partial charge < -0.3 is 19.7 Å². The Labute approximate surface area is 246 Å². The van der Waals surface area contributed by atoms with Gasteiger partial charge in [0, 0.05) is 28.0 Å². The highest BCUT2D eigenvalue weighted by Crippen LogP contribution is 2.28. The van der Waals surface area contributed by atoms with E-state index in [-0.39, 0.29) is 30.0 Å². The number of aliphatic carboxylic acids is 1. The minimum Gasteiger partial charge on any atom is -0.755 e. The van der Waals surface area contributed by atoms with Crippen LogP contribution in [0.5, 0.6) is 5.75 Å². The molecule has 3 aromatic carbocycles. The van der Waals surface area contributed by atoms with Crippen molar-refractivity contribution in [3.63, 3.8) is 0 Å². The van der Waals surface area contributed by atoms with Gasteiger partial charge in [-0.1, -0.05) is 73.1 Å². The average molecular weight is 631 g/mol. The number of nitrogens with one attached hydrogen (secondary N) is 1. The molecule has 0 aliphatic rings. The largest absolute Gasteiger partial charge is 0.755 e. The van der Waals surface area contributed by atoms with Crippen LogP contribution >= 0.6 is 15.9 Å². The van der Waals surface area contributed by atoms with Gasteiger partial charge in [0.05, 0.1) is 0 Å². The molecule has 1 amide bonds. The number of halogens is 1. The second kappa shape index (κ2) is 14.4. The van der Waals surface area contributed by atoms with Crippen LogP contribution in [0, 0.1) is 0 Å². The summed E-state index contributed by atoms with van der Waals surface area (Å²) in [6, 6.07) is 20.7. The van der Waals surface area contributed by atoms with Crippen LogP contribution in [0.25, 0.3) is 11.1 Å². The first kappa shape index (κ1) is 31.3. The predicted octanol–water partition coefficient (Wildman–Crippen LogP) is 5.83. The minimum atomic E-state index is -2.79. The number of ether oxygens (including phenoxy) is 1. The van der Waals surface area contributed by atoms with Crippen LogP contribution in [0.2, 0.25) is 0 Å². The van der Waals surface area contributed by atoms with Gasteiger partial charge in [0.2, 0.25) is 0 Å². The third kappa shape index (κ3) is 9.18. The van der Waals surface area contributed by atoms with Crippen molar-refractivity contribution in [2.24, 2.45) is 0 Å². The van der Waals surface area contributed by atoms with Crippen molar-refractivity contribution < 1.29 is 28.2 Å². The topological polar surface area (TPSA) is 119 Å². The first-order chi connectivity index (χ1) is 19.0.